The minimum Gasteiger partial charge on any atom is -0.485 e. The largest absolute Gasteiger partial charge is 0.485 e. The average Bonchev–Trinajstić information content (AvgIpc) is 3.21. The molecule has 10 rings (SSSR count). The smallest absolute Gasteiger partial charge is 0.200 e. The second kappa shape index (κ2) is 12.5. The first kappa shape index (κ1) is 31.0. The molecule has 0 saturated heterocycles. The van der Waals surface area contributed by atoms with Crippen molar-refractivity contribution in [2.75, 3.05) is 13.2 Å². The number of carbonyl (C=O) groups excluding carboxylic acids is 2. The van der Waals surface area contributed by atoms with E-state index in [9.17, 15) is 9.59 Å². The molecule has 53 heavy (non-hydrogen) atoms. The Hall–Kier alpha value is -6.78. The van der Waals surface area contributed by atoms with Crippen molar-refractivity contribution >= 4 is 76.2 Å². The highest BCUT2D eigenvalue weighted by Gasteiger charge is 2.19. The lowest BCUT2D eigenvalue weighted by Crippen LogP contribution is -2.14. The Bertz CT molecular complexity index is 2790. The molecular weight excluding hydrogens is 653 g/mol. The number of rotatable bonds is 10. The summed E-state index contributed by atoms with van der Waals surface area (Å²) in [6, 6.07) is 52.8. The molecule has 4 heteroatoms. The van der Waals surface area contributed by atoms with Crippen LogP contribution < -0.4 is 9.47 Å². The van der Waals surface area contributed by atoms with Gasteiger partial charge < -0.3 is 9.47 Å². The molecule has 0 aliphatic heterocycles. The van der Waals surface area contributed by atoms with Crippen molar-refractivity contribution in [2.24, 2.45) is 0 Å². The molecule has 4 nitrogen and oxygen atoms in total. The zero-order chi connectivity index (χ0) is 35.5. The fourth-order valence-electron chi connectivity index (χ4n) is 8.19. The minimum atomic E-state index is -0.0903. The molecule has 0 aliphatic carbocycles. The van der Waals surface area contributed by atoms with E-state index in [1.165, 1.54) is 10.8 Å². The van der Waals surface area contributed by atoms with Gasteiger partial charge in [-0.15, -0.1) is 0 Å². The van der Waals surface area contributed by atoms with Gasteiger partial charge >= 0.3 is 0 Å². The standard InChI is InChI=1S/C49H32O4/c50-42(38-23-19-34-17-15-30-9-5-11-32-21-25-40(38)48(34)46(30)32)28-52-44-13-3-1-7-36(44)27-37-8-2-4-14-45(37)53-29-43(51)39-24-20-35-18-16-31-10-6-12-33-22-26-41(39)49(35)47(31)33/h1-26H,27-29H2. The van der Waals surface area contributed by atoms with Crippen LogP contribution in [0.4, 0.5) is 0 Å². The number of hydrogen-bond donors (Lipinski definition) is 0. The van der Waals surface area contributed by atoms with Crippen LogP contribution in [0.1, 0.15) is 31.8 Å². The van der Waals surface area contributed by atoms with Gasteiger partial charge in [0.2, 0.25) is 11.6 Å². The van der Waals surface area contributed by atoms with Crippen molar-refractivity contribution < 1.29 is 19.1 Å². The van der Waals surface area contributed by atoms with Gasteiger partial charge in [-0.3, -0.25) is 9.59 Å². The average molecular weight is 685 g/mol. The molecule has 10 aromatic carbocycles. The number of ketones is 2. The van der Waals surface area contributed by atoms with Crippen LogP contribution >= 0.6 is 0 Å². The lowest BCUT2D eigenvalue weighted by atomic mass is 9.91. The van der Waals surface area contributed by atoms with Gasteiger partial charge in [-0.25, -0.2) is 0 Å². The fourth-order valence-corrected chi connectivity index (χ4v) is 8.19. The van der Waals surface area contributed by atoms with Crippen LogP contribution in [0.5, 0.6) is 11.5 Å². The molecule has 0 saturated carbocycles. The summed E-state index contributed by atoms with van der Waals surface area (Å²) >= 11 is 0. The highest BCUT2D eigenvalue weighted by atomic mass is 16.5. The predicted octanol–water partition coefficient (Wildman–Crippen LogP) is 11.6. The van der Waals surface area contributed by atoms with Crippen molar-refractivity contribution in [3.8, 4) is 11.5 Å². The molecule has 0 radical (unpaired) electrons. The maximum Gasteiger partial charge on any atom is 0.200 e. The van der Waals surface area contributed by atoms with E-state index in [0.717, 1.165) is 65.0 Å². The van der Waals surface area contributed by atoms with E-state index in [1.54, 1.807) is 0 Å². The first-order valence-corrected chi connectivity index (χ1v) is 17.9. The summed E-state index contributed by atoms with van der Waals surface area (Å²) in [6.45, 7) is -0.181. The molecule has 0 fully saturated rings. The van der Waals surface area contributed by atoms with Crippen molar-refractivity contribution in [2.45, 2.75) is 6.42 Å². The van der Waals surface area contributed by atoms with Crippen LogP contribution in [0.2, 0.25) is 0 Å². The van der Waals surface area contributed by atoms with Crippen molar-refractivity contribution in [3.63, 3.8) is 0 Å². The van der Waals surface area contributed by atoms with E-state index in [-0.39, 0.29) is 24.8 Å². The van der Waals surface area contributed by atoms with E-state index >= 15 is 0 Å². The number of carbonyl (C=O) groups is 2. The van der Waals surface area contributed by atoms with Crippen molar-refractivity contribution in [1.82, 2.24) is 0 Å². The zero-order valence-electron chi connectivity index (χ0n) is 28.8. The Morgan fingerprint density at radius 1 is 0.358 bits per heavy atom. The molecule has 0 amide bonds. The van der Waals surface area contributed by atoms with E-state index in [0.29, 0.717) is 29.0 Å². The summed E-state index contributed by atoms with van der Waals surface area (Å²) in [5, 5.41) is 13.4. The number of ether oxygens (including phenoxy) is 2. The third kappa shape index (κ3) is 5.22. The molecule has 0 spiro atoms. The third-order valence-corrected chi connectivity index (χ3v) is 10.7. The maximum atomic E-state index is 13.8. The molecule has 0 unspecified atom stereocenters. The second-order valence-electron chi connectivity index (χ2n) is 13.8. The summed E-state index contributed by atoms with van der Waals surface area (Å²) in [6.07, 6.45) is 0.506. The Morgan fingerprint density at radius 3 is 1.15 bits per heavy atom. The van der Waals surface area contributed by atoms with E-state index < -0.39 is 0 Å². The van der Waals surface area contributed by atoms with Crippen LogP contribution in [-0.2, 0) is 6.42 Å². The minimum absolute atomic E-state index is 0.0771. The van der Waals surface area contributed by atoms with Crippen molar-refractivity contribution in [3.05, 3.63) is 180 Å². The number of benzene rings is 10. The lowest BCUT2D eigenvalue weighted by molar-refractivity contribution is 0.0917. The van der Waals surface area contributed by atoms with Gasteiger partial charge in [0.05, 0.1) is 0 Å². The number of Topliss-reactive ketones (excluding diaryl/α,β-unsaturated/α-hetero) is 2. The number of para-hydroxylation sites is 2. The number of hydrogen-bond acceptors (Lipinski definition) is 4. The second-order valence-corrected chi connectivity index (χ2v) is 13.8. The van der Waals surface area contributed by atoms with Crippen molar-refractivity contribution in [1.29, 1.82) is 0 Å². The topological polar surface area (TPSA) is 52.6 Å². The Kier molecular flexibility index (Phi) is 7.29. The Morgan fingerprint density at radius 2 is 0.717 bits per heavy atom. The summed E-state index contributed by atoms with van der Waals surface area (Å²) in [5.74, 6) is 1.12. The van der Waals surface area contributed by atoms with Crippen LogP contribution in [0.25, 0.3) is 64.6 Å². The SMILES string of the molecule is O=C(COc1ccccc1Cc1ccccc1OCC(=O)c1ccc2ccc3cccc4ccc1c2c34)c1ccc2ccc3cccc4ccc1c2c34. The summed E-state index contributed by atoms with van der Waals surface area (Å²) in [4.78, 5) is 27.5. The molecule has 0 atom stereocenters. The monoisotopic (exact) mass is 684 g/mol. The molecular formula is C49H32O4. The van der Waals surface area contributed by atoms with Gasteiger partial charge in [-0.05, 0) is 87.9 Å². The Labute approximate surface area is 305 Å². The van der Waals surface area contributed by atoms with E-state index in [2.05, 4.69) is 84.9 Å². The van der Waals surface area contributed by atoms with Crippen LogP contribution in [0, 0.1) is 0 Å². The fraction of sp³-hybridized carbons (Fsp3) is 0.0612. The van der Waals surface area contributed by atoms with Gasteiger partial charge in [0, 0.05) is 17.5 Å². The van der Waals surface area contributed by atoms with Gasteiger partial charge in [0.25, 0.3) is 0 Å². The summed E-state index contributed by atoms with van der Waals surface area (Å²) in [5.41, 5.74) is 3.15. The molecule has 0 N–H and O–H groups in total. The predicted molar refractivity (Wildman–Crippen MR) is 216 cm³/mol. The lowest BCUT2D eigenvalue weighted by Gasteiger charge is -2.16. The Balaban J connectivity index is 0.883. The van der Waals surface area contributed by atoms with E-state index in [4.69, 9.17) is 9.47 Å². The maximum absolute atomic E-state index is 13.8. The van der Waals surface area contributed by atoms with Gasteiger partial charge in [0.15, 0.2) is 13.2 Å². The van der Waals surface area contributed by atoms with E-state index in [1.807, 2.05) is 72.8 Å². The zero-order valence-corrected chi connectivity index (χ0v) is 28.8. The first-order valence-electron chi connectivity index (χ1n) is 17.9. The van der Waals surface area contributed by atoms with Crippen LogP contribution in [0.15, 0.2) is 158 Å². The molecule has 10 aromatic rings. The normalized spacial score (nSPS) is 11.8. The molecule has 0 heterocycles. The first-order chi connectivity index (χ1) is 26.1. The summed E-state index contributed by atoms with van der Waals surface area (Å²) < 4.78 is 12.5. The summed E-state index contributed by atoms with van der Waals surface area (Å²) in [7, 11) is 0. The third-order valence-electron chi connectivity index (χ3n) is 10.7. The van der Waals surface area contributed by atoms with Crippen LogP contribution in [-0.4, -0.2) is 24.8 Å². The highest BCUT2D eigenvalue weighted by molar-refractivity contribution is 6.28. The highest BCUT2D eigenvalue weighted by Crippen LogP contribution is 2.38. The molecule has 0 aromatic heterocycles. The molecule has 0 aliphatic rings. The van der Waals surface area contributed by atoms with Crippen LogP contribution in [0.3, 0.4) is 0 Å². The molecule has 252 valence electrons. The van der Waals surface area contributed by atoms with Gasteiger partial charge in [0.1, 0.15) is 11.5 Å². The molecule has 0 bridgehead atoms. The van der Waals surface area contributed by atoms with Gasteiger partial charge in [-0.2, -0.15) is 0 Å². The van der Waals surface area contributed by atoms with Gasteiger partial charge in [-0.1, -0.05) is 146 Å². The quantitative estimate of drug-likeness (QED) is 0.106.